The molecule has 0 aliphatic rings. The summed E-state index contributed by atoms with van der Waals surface area (Å²) in [5.41, 5.74) is 3.42. The number of fused-ring (bicyclic) bond motifs is 1. The number of aromatic nitrogens is 2. The van der Waals surface area contributed by atoms with Crippen LogP contribution < -0.4 is 0 Å². The van der Waals surface area contributed by atoms with E-state index >= 15 is 0 Å². The third-order valence-corrected chi connectivity index (χ3v) is 5.71. The first kappa shape index (κ1) is 16.0. The summed E-state index contributed by atoms with van der Waals surface area (Å²) in [6.07, 6.45) is 1.51. The molecule has 23 heavy (non-hydrogen) atoms. The second-order valence-electron chi connectivity index (χ2n) is 5.36. The summed E-state index contributed by atoms with van der Waals surface area (Å²) in [6, 6.07) is 8.33. The minimum Gasteiger partial charge on any atom is -0.480 e. The molecule has 0 bridgehead atoms. The topological polar surface area (TPSA) is 63.1 Å². The number of thiophene rings is 1. The van der Waals surface area contributed by atoms with Crippen LogP contribution in [0.25, 0.3) is 21.3 Å². The van der Waals surface area contributed by atoms with E-state index in [1.165, 1.54) is 23.7 Å². The van der Waals surface area contributed by atoms with Crippen molar-refractivity contribution in [3.8, 4) is 11.1 Å². The Balaban J connectivity index is 2.19. The lowest BCUT2D eigenvalue weighted by molar-refractivity contribution is -0.136. The van der Waals surface area contributed by atoms with Crippen LogP contribution in [0.1, 0.15) is 17.4 Å². The molecule has 2 heterocycles. The van der Waals surface area contributed by atoms with E-state index in [-0.39, 0.29) is 0 Å². The largest absolute Gasteiger partial charge is 0.480 e. The first-order valence-corrected chi connectivity index (χ1v) is 8.87. The molecule has 0 saturated heterocycles. The van der Waals surface area contributed by atoms with E-state index in [4.69, 9.17) is 0 Å². The molecule has 0 aliphatic carbocycles. The summed E-state index contributed by atoms with van der Waals surface area (Å²) in [7, 11) is 0. The Bertz CT molecular complexity index is 872. The summed E-state index contributed by atoms with van der Waals surface area (Å²) in [5.74, 6) is -0.842. The number of carboxylic acid groups (broad SMARTS) is 1. The van der Waals surface area contributed by atoms with Gasteiger partial charge in [-0.05, 0) is 26.3 Å². The van der Waals surface area contributed by atoms with Crippen molar-refractivity contribution >= 4 is 39.3 Å². The van der Waals surface area contributed by atoms with Crippen LogP contribution >= 0.6 is 23.1 Å². The molecule has 1 aromatic carbocycles. The molecule has 0 fully saturated rings. The maximum Gasteiger partial charge on any atom is 0.316 e. The number of benzene rings is 1. The van der Waals surface area contributed by atoms with Crippen LogP contribution in [0.15, 0.2) is 35.6 Å². The van der Waals surface area contributed by atoms with Gasteiger partial charge in [-0.15, -0.1) is 11.3 Å². The third kappa shape index (κ3) is 3.09. The van der Waals surface area contributed by atoms with Gasteiger partial charge in [-0.3, -0.25) is 4.79 Å². The number of hydrogen-bond donors (Lipinski definition) is 1. The van der Waals surface area contributed by atoms with E-state index in [0.29, 0.717) is 0 Å². The van der Waals surface area contributed by atoms with Crippen molar-refractivity contribution in [3.63, 3.8) is 0 Å². The summed E-state index contributed by atoms with van der Waals surface area (Å²) in [4.78, 5) is 21.9. The number of carbonyl (C=O) groups is 1. The first-order valence-electron chi connectivity index (χ1n) is 7.18. The van der Waals surface area contributed by atoms with Gasteiger partial charge in [0.1, 0.15) is 21.4 Å². The number of rotatable bonds is 4. The van der Waals surface area contributed by atoms with Crippen molar-refractivity contribution in [1.82, 2.24) is 9.97 Å². The fourth-order valence-electron chi connectivity index (χ4n) is 2.39. The van der Waals surface area contributed by atoms with E-state index in [0.717, 1.165) is 31.2 Å². The fraction of sp³-hybridized carbons (Fsp3) is 0.235. The van der Waals surface area contributed by atoms with Crippen molar-refractivity contribution in [3.05, 3.63) is 41.0 Å². The van der Waals surface area contributed by atoms with Gasteiger partial charge in [0.05, 0.1) is 5.39 Å². The highest BCUT2D eigenvalue weighted by Crippen LogP contribution is 2.42. The van der Waals surface area contributed by atoms with Gasteiger partial charge in [0, 0.05) is 10.4 Å². The minimum atomic E-state index is -0.842. The van der Waals surface area contributed by atoms with E-state index in [1.54, 1.807) is 18.3 Å². The molecule has 1 atom stereocenters. The van der Waals surface area contributed by atoms with Crippen molar-refractivity contribution in [2.24, 2.45) is 0 Å². The average Bonchev–Trinajstić information content (AvgIpc) is 2.85. The van der Waals surface area contributed by atoms with Crippen LogP contribution in [-0.2, 0) is 4.79 Å². The second-order valence-corrected chi connectivity index (χ2v) is 7.89. The molecule has 2 aromatic heterocycles. The van der Waals surface area contributed by atoms with Gasteiger partial charge >= 0.3 is 5.97 Å². The van der Waals surface area contributed by atoms with Gasteiger partial charge in [-0.1, -0.05) is 41.6 Å². The lowest BCUT2D eigenvalue weighted by Crippen LogP contribution is -2.11. The van der Waals surface area contributed by atoms with Gasteiger partial charge in [0.15, 0.2) is 0 Å². The molecule has 0 amide bonds. The highest BCUT2D eigenvalue weighted by Gasteiger charge is 2.20. The van der Waals surface area contributed by atoms with Crippen LogP contribution in [-0.4, -0.2) is 26.3 Å². The Morgan fingerprint density at radius 3 is 2.57 bits per heavy atom. The van der Waals surface area contributed by atoms with Crippen LogP contribution in [0.2, 0.25) is 0 Å². The van der Waals surface area contributed by atoms with Gasteiger partial charge < -0.3 is 5.11 Å². The molecule has 118 valence electrons. The van der Waals surface area contributed by atoms with Gasteiger partial charge in [-0.25, -0.2) is 9.97 Å². The molecule has 0 radical (unpaired) electrons. The zero-order chi connectivity index (χ0) is 16.6. The Morgan fingerprint density at radius 2 is 1.91 bits per heavy atom. The molecule has 0 aliphatic heterocycles. The predicted octanol–water partition coefficient (Wildman–Crippen LogP) is 4.54. The molecular formula is C17H16N2O2S2. The summed E-state index contributed by atoms with van der Waals surface area (Å²) in [6.45, 7) is 5.80. The molecule has 3 aromatic rings. The predicted molar refractivity (Wildman–Crippen MR) is 95.3 cm³/mol. The van der Waals surface area contributed by atoms with E-state index in [2.05, 4.69) is 48.1 Å². The zero-order valence-corrected chi connectivity index (χ0v) is 14.7. The van der Waals surface area contributed by atoms with E-state index in [1.807, 2.05) is 0 Å². The normalized spacial score (nSPS) is 12.5. The maximum absolute atomic E-state index is 11.2. The van der Waals surface area contributed by atoms with Crippen molar-refractivity contribution in [2.75, 3.05) is 0 Å². The highest BCUT2D eigenvalue weighted by molar-refractivity contribution is 8.00. The number of aliphatic carboxylic acids is 1. The number of carboxylic acids is 1. The molecule has 4 nitrogen and oxygen atoms in total. The van der Waals surface area contributed by atoms with Crippen LogP contribution in [0, 0.1) is 13.8 Å². The maximum atomic E-state index is 11.2. The monoisotopic (exact) mass is 344 g/mol. The lowest BCUT2D eigenvalue weighted by atomic mass is 10.0. The summed E-state index contributed by atoms with van der Waals surface area (Å²) >= 11 is 2.88. The smallest absolute Gasteiger partial charge is 0.316 e. The molecule has 0 saturated carbocycles. The van der Waals surface area contributed by atoms with Gasteiger partial charge in [0.2, 0.25) is 0 Å². The van der Waals surface area contributed by atoms with Crippen molar-refractivity contribution < 1.29 is 9.90 Å². The number of nitrogens with zero attached hydrogens (tertiary/aromatic N) is 2. The number of aryl methyl sites for hydroxylation is 2. The average molecular weight is 344 g/mol. The van der Waals surface area contributed by atoms with Gasteiger partial charge in [0.25, 0.3) is 0 Å². The van der Waals surface area contributed by atoms with Gasteiger partial charge in [-0.2, -0.15) is 0 Å². The van der Waals surface area contributed by atoms with Crippen LogP contribution in [0.5, 0.6) is 0 Å². The summed E-state index contributed by atoms with van der Waals surface area (Å²) < 4.78 is 0. The number of hydrogen-bond acceptors (Lipinski definition) is 5. The molecular weight excluding hydrogens is 328 g/mol. The lowest BCUT2D eigenvalue weighted by Gasteiger charge is -2.08. The second kappa shape index (κ2) is 6.29. The quantitative estimate of drug-likeness (QED) is 0.556. The Hall–Kier alpha value is -1.92. The van der Waals surface area contributed by atoms with Crippen LogP contribution in [0.4, 0.5) is 0 Å². The van der Waals surface area contributed by atoms with Crippen molar-refractivity contribution in [1.29, 1.82) is 0 Å². The van der Waals surface area contributed by atoms with Crippen LogP contribution in [0.3, 0.4) is 0 Å². The molecule has 1 N–H and O–H groups in total. The molecule has 6 heteroatoms. The first-order chi connectivity index (χ1) is 11.0. The summed E-state index contributed by atoms with van der Waals surface area (Å²) in [5, 5.41) is 10.3. The van der Waals surface area contributed by atoms with E-state index in [9.17, 15) is 9.90 Å². The Kier molecular flexibility index (Phi) is 4.37. The molecule has 3 rings (SSSR count). The Morgan fingerprint density at radius 1 is 1.22 bits per heavy atom. The minimum absolute atomic E-state index is 0.556. The van der Waals surface area contributed by atoms with E-state index < -0.39 is 11.2 Å². The standard InChI is InChI=1S/C17H16N2O2S2/c1-9-4-6-12(7-5-9)13-10(2)22-15-14(13)16(19-8-18-15)23-11(3)17(20)21/h4-8,11H,1-3H3,(H,20,21). The third-order valence-electron chi connectivity index (χ3n) is 3.61. The van der Waals surface area contributed by atoms with Crippen molar-refractivity contribution in [2.45, 2.75) is 31.0 Å². The Labute approximate surface area is 142 Å². The molecule has 1 unspecified atom stereocenters. The fourth-order valence-corrected chi connectivity index (χ4v) is 4.33. The molecule has 0 spiro atoms. The SMILES string of the molecule is Cc1ccc(-c2c(C)sc3ncnc(SC(C)C(=O)O)c23)cc1. The number of thioether (sulfide) groups is 1. The highest BCUT2D eigenvalue weighted by atomic mass is 32.2. The zero-order valence-electron chi connectivity index (χ0n) is 13.0.